The molecule has 118 valence electrons. The van der Waals surface area contributed by atoms with E-state index in [-0.39, 0.29) is 6.04 Å². The highest BCUT2D eigenvalue weighted by Crippen LogP contribution is 2.27. The molecule has 21 heavy (non-hydrogen) atoms. The van der Waals surface area contributed by atoms with Crippen LogP contribution in [0.1, 0.15) is 13.3 Å². The Hall–Kier alpha value is -1.11. The fourth-order valence-corrected chi connectivity index (χ4v) is 3.49. The van der Waals surface area contributed by atoms with Crippen molar-refractivity contribution < 1.29 is 13.2 Å². The fraction of sp³-hybridized carbons (Fsp3) is 0.600. The Labute approximate surface area is 127 Å². The molecule has 0 radical (unpaired) electrons. The molecule has 0 amide bonds. The first-order chi connectivity index (χ1) is 10.0. The highest BCUT2D eigenvalue weighted by atomic mass is 32.2. The number of nitrogens with one attached hydrogen (secondary N) is 1. The maximum atomic E-state index is 12.0. The van der Waals surface area contributed by atoms with Crippen molar-refractivity contribution in [2.24, 2.45) is 0 Å². The summed E-state index contributed by atoms with van der Waals surface area (Å²) in [7, 11) is -3.23. The Kier molecular flexibility index (Phi) is 5.61. The second-order valence-corrected chi connectivity index (χ2v) is 7.35. The molecule has 1 fully saturated rings. The van der Waals surface area contributed by atoms with Gasteiger partial charge in [0.2, 0.25) is 0 Å². The molecule has 0 bridgehead atoms. The maximum absolute atomic E-state index is 12.0. The van der Waals surface area contributed by atoms with Crippen molar-refractivity contribution in [1.82, 2.24) is 5.32 Å². The van der Waals surface area contributed by atoms with Crippen molar-refractivity contribution in [3.8, 4) is 0 Å². The highest BCUT2D eigenvalue weighted by Gasteiger charge is 2.26. The molecule has 0 aliphatic carbocycles. The quantitative estimate of drug-likeness (QED) is 0.802. The Morgan fingerprint density at radius 1 is 1.38 bits per heavy atom. The topological polar surface area (TPSA) is 58.6 Å². The van der Waals surface area contributed by atoms with Crippen LogP contribution in [0.5, 0.6) is 0 Å². The number of nitrogens with zero attached hydrogens (tertiary/aromatic N) is 1. The van der Waals surface area contributed by atoms with Crippen molar-refractivity contribution in [2.45, 2.75) is 24.3 Å². The monoisotopic (exact) mass is 312 g/mol. The molecule has 1 aromatic carbocycles. The predicted octanol–water partition coefficient (Wildman–Crippen LogP) is 1.29. The Morgan fingerprint density at radius 3 is 2.86 bits per heavy atom. The zero-order valence-corrected chi connectivity index (χ0v) is 13.5. The van der Waals surface area contributed by atoms with Gasteiger partial charge < -0.3 is 15.0 Å². The lowest BCUT2D eigenvalue weighted by molar-refractivity contribution is 0.0935. The first kappa shape index (κ1) is 16.3. The lowest BCUT2D eigenvalue weighted by Crippen LogP contribution is -2.51. The van der Waals surface area contributed by atoms with Gasteiger partial charge in [-0.3, -0.25) is 0 Å². The van der Waals surface area contributed by atoms with Gasteiger partial charge in [-0.05, 0) is 25.1 Å². The third kappa shape index (κ3) is 4.18. The maximum Gasteiger partial charge on any atom is 0.177 e. The van der Waals surface area contributed by atoms with Gasteiger partial charge in [-0.25, -0.2) is 8.42 Å². The minimum absolute atomic E-state index is 0.160. The van der Waals surface area contributed by atoms with Gasteiger partial charge in [-0.2, -0.15) is 0 Å². The van der Waals surface area contributed by atoms with Gasteiger partial charge in [0, 0.05) is 19.3 Å². The molecule has 5 nitrogen and oxygen atoms in total. The van der Waals surface area contributed by atoms with Gasteiger partial charge in [-0.1, -0.05) is 19.1 Å². The van der Waals surface area contributed by atoms with Gasteiger partial charge in [0.15, 0.2) is 9.84 Å². The number of hydrogen-bond acceptors (Lipinski definition) is 5. The number of anilines is 1. The molecule has 1 N–H and O–H groups in total. The van der Waals surface area contributed by atoms with E-state index in [4.69, 9.17) is 4.74 Å². The summed E-state index contributed by atoms with van der Waals surface area (Å²) in [4.78, 5) is 2.55. The number of para-hydroxylation sites is 1. The van der Waals surface area contributed by atoms with Crippen LogP contribution >= 0.6 is 0 Å². The molecule has 6 heteroatoms. The van der Waals surface area contributed by atoms with E-state index in [0.29, 0.717) is 24.7 Å². The molecule has 2 rings (SSSR count). The average Bonchev–Trinajstić information content (AvgIpc) is 2.47. The van der Waals surface area contributed by atoms with Gasteiger partial charge >= 0.3 is 0 Å². The van der Waals surface area contributed by atoms with Gasteiger partial charge in [0.1, 0.15) is 0 Å². The molecular formula is C15H24N2O3S. The zero-order chi connectivity index (χ0) is 15.3. The molecule has 1 aromatic rings. The number of hydrogen-bond donors (Lipinski definition) is 1. The summed E-state index contributed by atoms with van der Waals surface area (Å²) in [6.45, 7) is 5.84. The van der Waals surface area contributed by atoms with Crippen molar-refractivity contribution in [3.63, 3.8) is 0 Å². The van der Waals surface area contributed by atoms with Crippen LogP contribution < -0.4 is 10.2 Å². The first-order valence-corrected chi connectivity index (χ1v) is 9.27. The Bertz CT molecular complexity index is 560. The number of sulfone groups is 1. The third-order valence-corrected chi connectivity index (χ3v) is 4.75. The molecule has 1 aliphatic rings. The molecule has 1 saturated heterocycles. The van der Waals surface area contributed by atoms with E-state index in [1.54, 1.807) is 12.1 Å². The minimum atomic E-state index is -3.23. The van der Waals surface area contributed by atoms with E-state index in [1.165, 1.54) is 6.26 Å². The summed E-state index contributed by atoms with van der Waals surface area (Å²) < 4.78 is 29.5. The zero-order valence-electron chi connectivity index (χ0n) is 12.7. The number of morpholine rings is 1. The molecule has 0 spiro atoms. The van der Waals surface area contributed by atoms with Crippen LogP contribution in [0.15, 0.2) is 29.2 Å². The fourth-order valence-electron chi connectivity index (χ4n) is 2.59. The lowest BCUT2D eigenvalue weighted by Gasteiger charge is -2.38. The second kappa shape index (κ2) is 7.24. The largest absolute Gasteiger partial charge is 0.377 e. The normalized spacial score (nSPS) is 19.7. The summed E-state index contributed by atoms with van der Waals surface area (Å²) in [5.74, 6) is 0. The molecule has 0 aromatic heterocycles. The van der Waals surface area contributed by atoms with E-state index < -0.39 is 9.84 Å². The van der Waals surface area contributed by atoms with Crippen LogP contribution in [0.25, 0.3) is 0 Å². The van der Waals surface area contributed by atoms with Crippen LogP contribution in [-0.2, 0) is 14.6 Å². The van der Waals surface area contributed by atoms with Crippen LogP contribution in [0.4, 0.5) is 5.69 Å². The molecule has 0 saturated carbocycles. The van der Waals surface area contributed by atoms with Crippen molar-refractivity contribution >= 4 is 15.5 Å². The van der Waals surface area contributed by atoms with Crippen molar-refractivity contribution in [3.05, 3.63) is 24.3 Å². The predicted molar refractivity (Wildman–Crippen MR) is 84.7 cm³/mol. The Morgan fingerprint density at radius 2 is 2.14 bits per heavy atom. The Balaban J connectivity index is 2.25. The van der Waals surface area contributed by atoms with Crippen molar-refractivity contribution in [2.75, 3.05) is 44.0 Å². The van der Waals surface area contributed by atoms with Crippen LogP contribution in [0.2, 0.25) is 0 Å². The minimum Gasteiger partial charge on any atom is -0.377 e. The lowest BCUT2D eigenvalue weighted by atomic mass is 10.2. The third-order valence-electron chi connectivity index (χ3n) is 3.61. The summed E-state index contributed by atoms with van der Waals surface area (Å²) >= 11 is 0. The summed E-state index contributed by atoms with van der Waals surface area (Å²) in [5.41, 5.74) is 0.784. The van der Waals surface area contributed by atoms with E-state index in [0.717, 1.165) is 25.2 Å². The summed E-state index contributed by atoms with van der Waals surface area (Å²) in [6, 6.07) is 7.37. The SMILES string of the molecule is CCCNCC1COCCN1c1ccccc1S(C)(=O)=O. The first-order valence-electron chi connectivity index (χ1n) is 7.38. The molecule has 1 atom stereocenters. The smallest absolute Gasteiger partial charge is 0.177 e. The molecule has 1 unspecified atom stereocenters. The average molecular weight is 312 g/mol. The van der Waals surface area contributed by atoms with E-state index in [2.05, 4.69) is 17.1 Å². The van der Waals surface area contributed by atoms with E-state index >= 15 is 0 Å². The van der Waals surface area contributed by atoms with Crippen molar-refractivity contribution in [1.29, 1.82) is 0 Å². The summed E-state index contributed by atoms with van der Waals surface area (Å²) in [6.07, 6.45) is 2.34. The van der Waals surface area contributed by atoms with Crippen LogP contribution in [-0.4, -0.2) is 53.6 Å². The van der Waals surface area contributed by atoms with E-state index in [9.17, 15) is 8.42 Å². The highest BCUT2D eigenvalue weighted by molar-refractivity contribution is 7.90. The molecule has 1 heterocycles. The van der Waals surface area contributed by atoms with Crippen LogP contribution in [0, 0.1) is 0 Å². The van der Waals surface area contributed by atoms with Crippen LogP contribution in [0.3, 0.4) is 0 Å². The summed E-state index contributed by atoms with van der Waals surface area (Å²) in [5, 5.41) is 3.39. The number of ether oxygens (including phenoxy) is 1. The van der Waals surface area contributed by atoms with Gasteiger partial charge in [0.05, 0.1) is 29.8 Å². The number of benzene rings is 1. The van der Waals surface area contributed by atoms with E-state index in [1.807, 2.05) is 12.1 Å². The number of rotatable bonds is 6. The van der Waals surface area contributed by atoms with Gasteiger partial charge in [-0.15, -0.1) is 0 Å². The van der Waals surface area contributed by atoms with Gasteiger partial charge in [0.25, 0.3) is 0 Å². The second-order valence-electron chi connectivity index (χ2n) is 5.37. The molecular weight excluding hydrogens is 288 g/mol. The standard InChI is InChI=1S/C15H24N2O3S/c1-3-8-16-11-13-12-20-10-9-17(13)14-6-4-5-7-15(14)21(2,18)19/h4-7,13,16H,3,8-12H2,1-2H3. The molecule has 1 aliphatic heterocycles.